The highest BCUT2D eigenvalue weighted by atomic mass is 16.6. The van der Waals surface area contributed by atoms with Gasteiger partial charge < -0.3 is 14.2 Å². The zero-order valence-corrected chi connectivity index (χ0v) is 39.6. The Balaban J connectivity index is 4.54. The van der Waals surface area contributed by atoms with Gasteiger partial charge in [-0.1, -0.05) is 219 Å². The van der Waals surface area contributed by atoms with E-state index in [9.17, 15) is 14.4 Å². The first-order chi connectivity index (χ1) is 30.5. The normalized spacial score (nSPS) is 13.1. The van der Waals surface area contributed by atoms with Crippen LogP contribution in [-0.4, -0.2) is 37.2 Å². The van der Waals surface area contributed by atoms with Crippen molar-refractivity contribution in [3.05, 3.63) is 122 Å². The predicted molar refractivity (Wildman–Crippen MR) is 265 cm³/mol. The Morgan fingerprint density at radius 1 is 0.339 bits per heavy atom. The molecule has 0 fully saturated rings. The Labute approximate surface area is 380 Å². The first kappa shape index (κ1) is 57.8. The summed E-state index contributed by atoms with van der Waals surface area (Å²) in [6.45, 7) is 6.24. The van der Waals surface area contributed by atoms with Gasteiger partial charge in [-0.05, 0) is 77.0 Å². The number of hydrogen-bond donors (Lipinski definition) is 0. The van der Waals surface area contributed by atoms with Crippen molar-refractivity contribution in [1.29, 1.82) is 0 Å². The maximum atomic E-state index is 12.7. The van der Waals surface area contributed by atoms with E-state index < -0.39 is 12.1 Å². The Morgan fingerprint density at radius 2 is 0.645 bits per heavy atom. The fraction of sp³-hybridized carbons (Fsp3) is 0.589. The van der Waals surface area contributed by atoms with E-state index in [1.165, 1.54) is 51.4 Å². The molecule has 0 saturated heterocycles. The van der Waals surface area contributed by atoms with Crippen molar-refractivity contribution in [2.75, 3.05) is 13.2 Å². The van der Waals surface area contributed by atoms with Crippen LogP contribution in [0.25, 0.3) is 0 Å². The molecule has 0 aliphatic heterocycles. The summed E-state index contributed by atoms with van der Waals surface area (Å²) in [6.07, 6.45) is 67.6. The van der Waals surface area contributed by atoms with Gasteiger partial charge in [-0.2, -0.15) is 0 Å². The first-order valence-corrected chi connectivity index (χ1v) is 24.7. The number of unbranched alkanes of at least 4 members (excludes halogenated alkanes) is 18. The molecule has 0 bridgehead atoms. The summed E-state index contributed by atoms with van der Waals surface area (Å²) in [5.41, 5.74) is 0. The van der Waals surface area contributed by atoms with E-state index in [1.54, 1.807) is 0 Å². The fourth-order valence-electron chi connectivity index (χ4n) is 6.23. The van der Waals surface area contributed by atoms with Gasteiger partial charge in [-0.15, -0.1) is 0 Å². The van der Waals surface area contributed by atoms with Crippen LogP contribution in [0.1, 0.15) is 194 Å². The van der Waals surface area contributed by atoms with E-state index in [1.807, 2.05) is 60.8 Å². The van der Waals surface area contributed by atoms with Gasteiger partial charge in [0, 0.05) is 19.3 Å². The number of carbonyl (C=O) groups excluding carboxylic acids is 3. The molecule has 0 rings (SSSR count). The van der Waals surface area contributed by atoms with Gasteiger partial charge in [0.15, 0.2) is 6.10 Å². The zero-order valence-electron chi connectivity index (χ0n) is 39.6. The number of allylic oxidation sites excluding steroid dienone is 20. The SMILES string of the molecule is CC\C=C/C=C\C=C/C=C\C=C/CCCC(=O)OC(COC(=O)CCCCCCC\C=C/C=C\C=C/CC)COC(=O)CCCCCCC/C=C\C=C/CCCCCCCCC. The molecule has 6 nitrogen and oxygen atoms in total. The lowest BCUT2D eigenvalue weighted by atomic mass is 10.1. The quantitative estimate of drug-likeness (QED) is 0.0263. The molecule has 1 atom stereocenters. The summed E-state index contributed by atoms with van der Waals surface area (Å²) < 4.78 is 16.7. The summed E-state index contributed by atoms with van der Waals surface area (Å²) >= 11 is 0. The molecule has 0 aliphatic carbocycles. The molecule has 6 heteroatoms. The average Bonchev–Trinajstić information content (AvgIpc) is 3.27. The molecular weight excluding hydrogens is 769 g/mol. The van der Waals surface area contributed by atoms with Crippen molar-refractivity contribution in [2.24, 2.45) is 0 Å². The van der Waals surface area contributed by atoms with Crippen LogP contribution in [0.5, 0.6) is 0 Å². The average molecular weight is 857 g/mol. The molecule has 0 aromatic carbocycles. The highest BCUT2D eigenvalue weighted by Gasteiger charge is 2.19. The summed E-state index contributed by atoms with van der Waals surface area (Å²) in [6, 6.07) is 0. The standard InChI is InChI=1S/C56H88O6/c1-4-7-10-13-16-19-22-25-26-27-28-29-32-34-37-40-43-46-49-55(58)61-52-53(62-56(59)50-47-44-41-38-35-31-24-21-18-15-12-9-6-3)51-60-54(57)48-45-42-39-36-33-30-23-20-17-14-11-8-5-2/h8-9,11-12,14-15,17-18,20-21,23-24,26-29,31,35,38,41,53H,4-7,10,13,16,19,22,25,30,32-34,36-37,39-40,42-52H2,1-3H3/b11-8-,12-9-,17-14-,18-15-,23-20-,24-21-,27-26-,29-28-,35-31-,41-38-. The van der Waals surface area contributed by atoms with E-state index in [0.717, 1.165) is 96.3 Å². The largest absolute Gasteiger partial charge is 0.462 e. The van der Waals surface area contributed by atoms with Crippen molar-refractivity contribution in [3.63, 3.8) is 0 Å². The van der Waals surface area contributed by atoms with E-state index in [4.69, 9.17) is 14.2 Å². The minimum atomic E-state index is -0.832. The molecule has 1 unspecified atom stereocenters. The second-order valence-corrected chi connectivity index (χ2v) is 15.8. The van der Waals surface area contributed by atoms with Gasteiger partial charge in [0.2, 0.25) is 0 Å². The van der Waals surface area contributed by atoms with Gasteiger partial charge in [0.1, 0.15) is 13.2 Å². The molecule has 0 heterocycles. The summed E-state index contributed by atoms with van der Waals surface area (Å²) in [5.74, 6) is -1.05. The molecule has 0 aromatic heterocycles. The van der Waals surface area contributed by atoms with Crippen LogP contribution >= 0.6 is 0 Å². The lowest BCUT2D eigenvalue weighted by molar-refractivity contribution is -0.167. The summed E-state index contributed by atoms with van der Waals surface area (Å²) in [5, 5.41) is 0. The molecule has 0 aromatic rings. The van der Waals surface area contributed by atoms with Crippen LogP contribution in [0.4, 0.5) is 0 Å². The van der Waals surface area contributed by atoms with E-state index in [-0.39, 0.29) is 31.6 Å². The lowest BCUT2D eigenvalue weighted by Crippen LogP contribution is -2.30. The van der Waals surface area contributed by atoms with Crippen molar-refractivity contribution in [1.82, 2.24) is 0 Å². The Bertz CT molecular complexity index is 1350. The van der Waals surface area contributed by atoms with Crippen molar-refractivity contribution in [3.8, 4) is 0 Å². The lowest BCUT2D eigenvalue weighted by Gasteiger charge is -2.18. The molecule has 0 spiro atoms. The van der Waals surface area contributed by atoms with E-state index >= 15 is 0 Å². The van der Waals surface area contributed by atoms with Crippen LogP contribution in [0.2, 0.25) is 0 Å². The Kier molecular flexibility index (Phi) is 46.1. The number of carbonyl (C=O) groups is 3. The van der Waals surface area contributed by atoms with Crippen LogP contribution < -0.4 is 0 Å². The number of rotatable bonds is 42. The second kappa shape index (κ2) is 49.5. The van der Waals surface area contributed by atoms with Gasteiger partial charge in [0.05, 0.1) is 0 Å². The molecule has 0 N–H and O–H groups in total. The third-order valence-electron chi connectivity index (χ3n) is 9.90. The molecular formula is C56H88O6. The highest BCUT2D eigenvalue weighted by Crippen LogP contribution is 2.12. The molecule has 0 radical (unpaired) electrons. The van der Waals surface area contributed by atoms with Crippen LogP contribution in [-0.2, 0) is 28.6 Å². The minimum absolute atomic E-state index is 0.125. The van der Waals surface area contributed by atoms with Gasteiger partial charge in [0.25, 0.3) is 0 Å². The van der Waals surface area contributed by atoms with Gasteiger partial charge in [-0.25, -0.2) is 0 Å². The first-order valence-electron chi connectivity index (χ1n) is 24.7. The monoisotopic (exact) mass is 857 g/mol. The third-order valence-corrected chi connectivity index (χ3v) is 9.90. The van der Waals surface area contributed by atoms with Gasteiger partial charge in [-0.3, -0.25) is 14.4 Å². The fourth-order valence-corrected chi connectivity index (χ4v) is 6.23. The van der Waals surface area contributed by atoms with Crippen molar-refractivity contribution >= 4 is 17.9 Å². The molecule has 0 saturated carbocycles. The Hall–Kier alpha value is -4.19. The van der Waals surface area contributed by atoms with Crippen LogP contribution in [0.3, 0.4) is 0 Å². The molecule has 0 amide bonds. The molecule has 0 aliphatic rings. The summed E-state index contributed by atoms with van der Waals surface area (Å²) in [7, 11) is 0. The van der Waals surface area contributed by atoms with Crippen molar-refractivity contribution < 1.29 is 28.6 Å². The third kappa shape index (κ3) is 46.9. The van der Waals surface area contributed by atoms with E-state index in [2.05, 4.69) is 81.5 Å². The summed E-state index contributed by atoms with van der Waals surface area (Å²) in [4.78, 5) is 37.9. The van der Waals surface area contributed by atoms with Crippen LogP contribution in [0.15, 0.2) is 122 Å². The molecule has 348 valence electrons. The number of ether oxygens (including phenoxy) is 3. The molecule has 62 heavy (non-hydrogen) atoms. The highest BCUT2D eigenvalue weighted by molar-refractivity contribution is 5.71. The second-order valence-electron chi connectivity index (χ2n) is 15.8. The topological polar surface area (TPSA) is 78.9 Å². The Morgan fingerprint density at radius 3 is 1.05 bits per heavy atom. The maximum absolute atomic E-state index is 12.7. The predicted octanol–water partition coefficient (Wildman–Crippen LogP) is 16.1. The van der Waals surface area contributed by atoms with E-state index in [0.29, 0.717) is 19.3 Å². The van der Waals surface area contributed by atoms with Crippen molar-refractivity contribution in [2.45, 2.75) is 200 Å². The van der Waals surface area contributed by atoms with Crippen LogP contribution in [0, 0.1) is 0 Å². The number of hydrogen-bond acceptors (Lipinski definition) is 6. The smallest absolute Gasteiger partial charge is 0.306 e. The maximum Gasteiger partial charge on any atom is 0.306 e. The minimum Gasteiger partial charge on any atom is -0.462 e. The zero-order chi connectivity index (χ0) is 45.1. The number of esters is 3. The van der Waals surface area contributed by atoms with Gasteiger partial charge >= 0.3 is 17.9 Å².